The lowest BCUT2D eigenvalue weighted by Crippen LogP contribution is -1.85. The Labute approximate surface area is 364 Å². The van der Waals surface area contributed by atoms with Crippen molar-refractivity contribution in [3.8, 4) is 0 Å². The molecule has 6 fully saturated rings. The van der Waals surface area contributed by atoms with Gasteiger partial charge in [-0.3, -0.25) is 0 Å². The lowest BCUT2D eigenvalue weighted by molar-refractivity contribution is 0.504. The van der Waals surface area contributed by atoms with E-state index in [9.17, 15) is 0 Å². The Morgan fingerprint density at radius 2 is 0.214 bits per heavy atom. The minimum absolute atomic E-state index is 0.833. The van der Waals surface area contributed by atoms with Crippen molar-refractivity contribution in [3.05, 3.63) is 0 Å². The molecular weight excluding hydrogens is 673 g/mol. The average molecular weight is 798 g/mol. The molecular formula is C56H124. The van der Waals surface area contributed by atoms with E-state index in [-0.39, 0.29) is 0 Å². The number of hydrogen-bond donors (Lipinski definition) is 0. The number of rotatable bonds is 1. The fourth-order valence-corrected chi connectivity index (χ4v) is 4.49. The highest BCUT2D eigenvalue weighted by Crippen LogP contribution is 2.17. The molecule has 6 aliphatic rings. The second kappa shape index (κ2) is 64.2. The summed E-state index contributed by atoms with van der Waals surface area (Å²) in [6, 6.07) is 0. The summed E-state index contributed by atoms with van der Waals surface area (Å²) < 4.78 is 0. The Bertz CT molecular complexity index is 417. The van der Waals surface area contributed by atoms with Gasteiger partial charge in [-0.15, -0.1) is 0 Å². The highest BCUT2D eigenvalue weighted by molar-refractivity contribution is 4.53. The predicted molar refractivity (Wildman–Crippen MR) is 271 cm³/mol. The van der Waals surface area contributed by atoms with Crippen LogP contribution in [-0.2, 0) is 0 Å². The lowest BCUT2D eigenvalue weighted by Gasteiger charge is -2.05. The van der Waals surface area contributed by atoms with E-state index in [1.165, 1.54) is 205 Å². The van der Waals surface area contributed by atoms with Crippen molar-refractivity contribution in [1.82, 2.24) is 0 Å². The molecule has 0 bridgehead atoms. The summed E-state index contributed by atoms with van der Waals surface area (Å²) in [5, 5.41) is 0. The fraction of sp³-hybridized carbons (Fsp3) is 1.00. The maximum atomic E-state index is 2.22. The molecule has 6 rings (SSSR count). The fourth-order valence-electron chi connectivity index (χ4n) is 4.49. The molecule has 0 amide bonds. The van der Waals surface area contributed by atoms with Crippen LogP contribution < -0.4 is 0 Å². The Hall–Kier alpha value is 0. The summed E-state index contributed by atoms with van der Waals surface area (Å²) in [6.45, 7) is 39.1. The van der Waals surface area contributed by atoms with Gasteiger partial charge in [-0.1, -0.05) is 330 Å². The molecule has 0 saturated heterocycles. The van der Waals surface area contributed by atoms with E-state index in [4.69, 9.17) is 0 Å². The topological polar surface area (TPSA) is 0 Å². The smallest absolute Gasteiger partial charge is 0.0474 e. The molecule has 6 aliphatic carbocycles. The van der Waals surface area contributed by atoms with Crippen molar-refractivity contribution in [2.75, 3.05) is 0 Å². The molecule has 0 aliphatic heterocycles. The van der Waals surface area contributed by atoms with E-state index in [2.05, 4.69) is 125 Å². The second-order valence-corrected chi connectivity index (χ2v) is 21.4. The van der Waals surface area contributed by atoms with Gasteiger partial charge < -0.3 is 0 Å². The molecule has 0 radical (unpaired) electrons. The van der Waals surface area contributed by atoms with Crippen LogP contribution in [0.25, 0.3) is 0 Å². The van der Waals surface area contributed by atoms with Gasteiger partial charge in [0.25, 0.3) is 0 Å². The van der Waals surface area contributed by atoms with E-state index >= 15 is 0 Å². The van der Waals surface area contributed by atoms with Gasteiger partial charge >= 0.3 is 0 Å². The van der Waals surface area contributed by atoms with Crippen LogP contribution >= 0.6 is 0 Å². The molecule has 0 atom stereocenters. The first kappa shape index (κ1) is 67.8. The molecule has 0 aromatic carbocycles. The summed E-state index contributed by atoms with van der Waals surface area (Å²) >= 11 is 0. The van der Waals surface area contributed by atoms with Crippen LogP contribution in [0, 0.1) is 35.5 Å². The van der Waals surface area contributed by atoms with Crippen molar-refractivity contribution in [2.45, 2.75) is 330 Å². The SMILES string of the molecule is C1CC1.C1CCC1.C1CCCC1.C1CCCCC1.C1CCCCC1.C1CCCCCC1.CC(C)C.CC(C)C.CC(C)C.CC(C)C.CC(C)C.CCC(C)C. The molecule has 0 aromatic rings. The van der Waals surface area contributed by atoms with Crippen LogP contribution in [0.4, 0.5) is 0 Å². The average Bonchev–Trinajstić information content (AvgIpc) is 3.91. The van der Waals surface area contributed by atoms with Gasteiger partial charge in [-0.25, -0.2) is 0 Å². The molecule has 348 valence electrons. The van der Waals surface area contributed by atoms with Crippen LogP contribution in [0.3, 0.4) is 0 Å². The first-order chi connectivity index (χ1) is 26.4. The van der Waals surface area contributed by atoms with Gasteiger partial charge in [-0.05, 0) is 35.5 Å². The van der Waals surface area contributed by atoms with Gasteiger partial charge in [0.05, 0.1) is 0 Å². The van der Waals surface area contributed by atoms with Crippen LogP contribution in [0.1, 0.15) is 330 Å². The van der Waals surface area contributed by atoms with Crippen molar-refractivity contribution in [1.29, 1.82) is 0 Å². The molecule has 0 unspecified atom stereocenters. The first-order valence-corrected chi connectivity index (χ1v) is 26.4. The third kappa shape index (κ3) is 158. The monoisotopic (exact) mass is 797 g/mol. The van der Waals surface area contributed by atoms with Crippen LogP contribution in [0.5, 0.6) is 0 Å². The van der Waals surface area contributed by atoms with Gasteiger partial charge in [0.15, 0.2) is 0 Å². The van der Waals surface area contributed by atoms with Gasteiger partial charge in [0.2, 0.25) is 0 Å². The molecule has 0 nitrogen and oxygen atoms in total. The van der Waals surface area contributed by atoms with Crippen LogP contribution in [-0.4, -0.2) is 0 Å². The molecule has 56 heavy (non-hydrogen) atoms. The summed E-state index contributed by atoms with van der Waals surface area (Å²) in [4.78, 5) is 0. The van der Waals surface area contributed by atoms with Gasteiger partial charge in [-0.2, -0.15) is 0 Å². The number of hydrogen-bond acceptors (Lipinski definition) is 0. The summed E-state index contributed by atoms with van der Waals surface area (Å²) in [5.74, 6) is 5.05. The molecule has 0 heteroatoms. The van der Waals surface area contributed by atoms with Gasteiger partial charge in [0.1, 0.15) is 0 Å². The van der Waals surface area contributed by atoms with E-state index in [1.54, 1.807) is 0 Å². The van der Waals surface area contributed by atoms with Gasteiger partial charge in [0, 0.05) is 0 Å². The maximum absolute atomic E-state index is 2.22. The Kier molecular flexibility index (Phi) is 77.6. The highest BCUT2D eigenvalue weighted by atomic mass is 14.0. The lowest BCUT2D eigenvalue weighted by atomic mass is 10.0. The Balaban J connectivity index is -0.000000123. The normalized spacial score (nSPS) is 17.4. The molecule has 6 saturated carbocycles. The molecule has 0 heterocycles. The first-order valence-electron chi connectivity index (χ1n) is 26.4. The zero-order valence-corrected chi connectivity index (χ0v) is 44.1. The Morgan fingerprint density at radius 3 is 0.232 bits per heavy atom. The third-order valence-corrected chi connectivity index (χ3v) is 8.17. The van der Waals surface area contributed by atoms with E-state index in [0.29, 0.717) is 0 Å². The standard InChI is InChI=1S/C7H14.2C6H12.C5H10.C5H12.C4H8.5C4H10.C3H6/c1-2-4-6-7-5-3-1;2*1-2-4-6-5-3-1;1-2-4-5-3-1;1-4-5(2)3;1-2-4-3-1;5*1-4(2)3;1-2-3-1/h1-7H2;2*1-6H2;1-5H2;5H,4H2,1-3H3;1-4H2;5*4H,1-3H3;1-3H2. The van der Waals surface area contributed by atoms with Crippen molar-refractivity contribution in [3.63, 3.8) is 0 Å². The van der Waals surface area contributed by atoms with Crippen molar-refractivity contribution in [2.24, 2.45) is 35.5 Å². The molecule has 0 N–H and O–H groups in total. The minimum Gasteiger partial charge on any atom is -0.0651 e. The Morgan fingerprint density at radius 1 is 0.179 bits per heavy atom. The second-order valence-electron chi connectivity index (χ2n) is 21.4. The quantitative estimate of drug-likeness (QED) is 0.232. The predicted octanol–water partition coefficient (Wildman–Crippen LogP) is 22.5. The van der Waals surface area contributed by atoms with Crippen molar-refractivity contribution >= 4 is 0 Å². The maximum Gasteiger partial charge on any atom is -0.0474 e. The zero-order chi connectivity index (χ0) is 44.1. The highest BCUT2D eigenvalue weighted by Gasteiger charge is 1.98. The largest absolute Gasteiger partial charge is 0.0651 e. The third-order valence-electron chi connectivity index (χ3n) is 8.17. The van der Waals surface area contributed by atoms with Crippen LogP contribution in [0.15, 0.2) is 0 Å². The molecule has 0 spiro atoms. The van der Waals surface area contributed by atoms with E-state index in [0.717, 1.165) is 35.5 Å². The summed E-state index contributed by atoms with van der Waals surface area (Å²) in [6.07, 6.45) is 47.8. The summed E-state index contributed by atoms with van der Waals surface area (Å²) in [7, 11) is 0. The van der Waals surface area contributed by atoms with E-state index in [1.807, 2.05) is 0 Å². The van der Waals surface area contributed by atoms with E-state index < -0.39 is 0 Å². The minimum atomic E-state index is 0.833. The molecule has 0 aromatic heterocycles. The van der Waals surface area contributed by atoms with Crippen LogP contribution in [0.2, 0.25) is 0 Å². The van der Waals surface area contributed by atoms with Crippen molar-refractivity contribution < 1.29 is 0 Å². The summed E-state index contributed by atoms with van der Waals surface area (Å²) in [5.41, 5.74) is 0. The zero-order valence-electron chi connectivity index (χ0n) is 44.1.